The lowest BCUT2D eigenvalue weighted by atomic mass is 9.81. The van der Waals surface area contributed by atoms with Gasteiger partial charge in [-0.25, -0.2) is 8.42 Å². The zero-order chi connectivity index (χ0) is 30.4. The third kappa shape index (κ3) is 8.35. The predicted molar refractivity (Wildman–Crippen MR) is 168 cm³/mol. The van der Waals surface area contributed by atoms with Crippen molar-refractivity contribution in [1.82, 2.24) is 0 Å². The molecule has 1 N–H and O–H groups in total. The monoisotopic (exact) mass is 602 g/mol. The van der Waals surface area contributed by atoms with Crippen molar-refractivity contribution in [3.8, 4) is 0 Å². The summed E-state index contributed by atoms with van der Waals surface area (Å²) >= 11 is 0. The highest BCUT2D eigenvalue weighted by Crippen LogP contribution is 2.43. The number of hydrogen-bond acceptors (Lipinski definition) is 6. The molecule has 7 heteroatoms. The van der Waals surface area contributed by atoms with Gasteiger partial charge in [-0.2, -0.15) is 0 Å². The molecular weight excluding hydrogens is 548 g/mol. The van der Waals surface area contributed by atoms with E-state index < -0.39 is 9.84 Å². The number of ether oxygens (including phenoxy) is 3. The van der Waals surface area contributed by atoms with Crippen LogP contribution in [0.3, 0.4) is 0 Å². The van der Waals surface area contributed by atoms with Crippen molar-refractivity contribution in [3.63, 3.8) is 0 Å². The molecule has 3 heterocycles. The van der Waals surface area contributed by atoms with Crippen LogP contribution in [0.25, 0.3) is 0 Å². The van der Waals surface area contributed by atoms with Crippen LogP contribution >= 0.6 is 0 Å². The molecule has 10 atom stereocenters. The fourth-order valence-corrected chi connectivity index (χ4v) is 8.89. The number of hydrogen-bond donors (Lipinski definition) is 1. The maximum absolute atomic E-state index is 13.5. The van der Waals surface area contributed by atoms with Gasteiger partial charge in [-0.15, -0.1) is 0 Å². The first-order valence-electron chi connectivity index (χ1n) is 16.2. The molecule has 0 bridgehead atoms. The average molecular weight is 603 g/mol. The molecule has 6 nitrogen and oxygen atoms in total. The molecule has 2 unspecified atom stereocenters. The van der Waals surface area contributed by atoms with Gasteiger partial charge in [-0.05, 0) is 86.0 Å². The molecule has 3 aliphatic rings. The van der Waals surface area contributed by atoms with Crippen molar-refractivity contribution in [2.24, 2.45) is 23.7 Å². The molecule has 3 fully saturated rings. The number of aliphatic hydroxyl groups is 1. The van der Waals surface area contributed by atoms with E-state index in [0.29, 0.717) is 23.2 Å². The first kappa shape index (κ1) is 33.4. The van der Waals surface area contributed by atoms with E-state index in [-0.39, 0.29) is 60.8 Å². The summed E-state index contributed by atoms with van der Waals surface area (Å²) in [5.41, 5.74) is 2.23. The number of rotatable bonds is 14. The lowest BCUT2D eigenvalue weighted by Gasteiger charge is -2.38. The van der Waals surface area contributed by atoms with Gasteiger partial charge >= 0.3 is 0 Å². The average Bonchev–Trinajstić information content (AvgIpc) is 3.46. The summed E-state index contributed by atoms with van der Waals surface area (Å²) in [6, 6.07) is 8.80. The summed E-state index contributed by atoms with van der Waals surface area (Å²) in [6.45, 7) is 17.7. The van der Waals surface area contributed by atoms with Crippen molar-refractivity contribution in [3.05, 3.63) is 54.6 Å². The topological polar surface area (TPSA) is 82.1 Å². The molecule has 1 aromatic rings. The quantitative estimate of drug-likeness (QED) is 0.233. The van der Waals surface area contributed by atoms with Crippen LogP contribution in [0.5, 0.6) is 0 Å². The van der Waals surface area contributed by atoms with Crippen molar-refractivity contribution in [1.29, 1.82) is 0 Å². The lowest BCUT2D eigenvalue weighted by molar-refractivity contribution is -0.0737. The van der Waals surface area contributed by atoms with Crippen LogP contribution in [0.4, 0.5) is 0 Å². The van der Waals surface area contributed by atoms with Gasteiger partial charge < -0.3 is 19.3 Å². The molecule has 0 radical (unpaired) electrons. The molecule has 0 saturated carbocycles. The highest BCUT2D eigenvalue weighted by atomic mass is 32.2. The molecule has 236 valence electrons. The highest BCUT2D eigenvalue weighted by molar-refractivity contribution is 7.91. The third-order valence-corrected chi connectivity index (χ3v) is 12.0. The second kappa shape index (κ2) is 15.0. The molecule has 0 aliphatic carbocycles. The van der Waals surface area contributed by atoms with Crippen LogP contribution in [-0.2, 0) is 24.0 Å². The van der Waals surface area contributed by atoms with Gasteiger partial charge in [0.25, 0.3) is 0 Å². The van der Waals surface area contributed by atoms with E-state index in [4.69, 9.17) is 19.3 Å². The zero-order valence-electron chi connectivity index (χ0n) is 26.2. The molecule has 1 aromatic carbocycles. The Morgan fingerprint density at radius 3 is 2.38 bits per heavy atom. The van der Waals surface area contributed by atoms with E-state index >= 15 is 0 Å². The Kier molecular flexibility index (Phi) is 11.9. The minimum absolute atomic E-state index is 0.0373. The smallest absolute Gasteiger partial charge is 0.178 e. The first-order valence-corrected chi connectivity index (χ1v) is 17.9. The number of sulfone groups is 1. The van der Waals surface area contributed by atoms with Gasteiger partial charge in [0, 0.05) is 18.9 Å². The second-order valence-electron chi connectivity index (χ2n) is 13.3. The van der Waals surface area contributed by atoms with Crippen molar-refractivity contribution >= 4 is 9.84 Å². The standard InChI is InChI=1S/C35H54O6S/c1-7-23(2)18-33-27(6)31(22-42(37,38)30-13-9-8-10-14-30)35(41-33)21-34-26(5)24(3)19-29(40-34)15-16-32-25(4)20-28(39-32)12-11-17-36/h8-10,13-14,23-24,27-29,31-36H,4-5,7,11-12,15-22H2,1-3,6H3/t23-,24-,27-,28+,29+,31-,32?,33-,34-,35?/m1/s1. The van der Waals surface area contributed by atoms with Crippen LogP contribution in [0.15, 0.2) is 59.5 Å². The number of aliphatic hydroxyl groups excluding tert-OH is 1. The lowest BCUT2D eigenvalue weighted by Crippen LogP contribution is -2.38. The van der Waals surface area contributed by atoms with Crippen molar-refractivity contribution in [2.75, 3.05) is 12.4 Å². The Morgan fingerprint density at radius 1 is 0.976 bits per heavy atom. The molecule has 0 aromatic heterocycles. The van der Waals surface area contributed by atoms with E-state index in [9.17, 15) is 8.42 Å². The van der Waals surface area contributed by atoms with E-state index in [2.05, 4.69) is 40.9 Å². The van der Waals surface area contributed by atoms with E-state index in [1.165, 1.54) is 0 Å². The van der Waals surface area contributed by atoms with Crippen LogP contribution < -0.4 is 0 Å². The minimum Gasteiger partial charge on any atom is -0.396 e. The van der Waals surface area contributed by atoms with Crippen LogP contribution in [0.2, 0.25) is 0 Å². The zero-order valence-corrected chi connectivity index (χ0v) is 27.1. The van der Waals surface area contributed by atoms with Crippen molar-refractivity contribution < 1.29 is 27.7 Å². The SMILES string of the molecule is C=C1C[C@H](CCCO)OC1CC[C@H]1C[C@@H](C)C(=C)[C@@H](CC2O[C@H](C[C@H](C)CC)[C@H](C)[C@H]2CS(=O)(=O)c2ccccc2)O1. The highest BCUT2D eigenvalue weighted by Gasteiger charge is 2.46. The summed E-state index contributed by atoms with van der Waals surface area (Å²) in [5.74, 6) is 0.944. The third-order valence-electron chi connectivity index (χ3n) is 10.1. The molecule has 0 amide bonds. The molecule has 3 saturated heterocycles. The van der Waals surface area contributed by atoms with E-state index in [1.54, 1.807) is 24.3 Å². The van der Waals surface area contributed by atoms with Gasteiger partial charge in [0.15, 0.2) is 9.84 Å². The Bertz CT molecular complexity index is 1130. The summed E-state index contributed by atoms with van der Waals surface area (Å²) < 4.78 is 46.7. The van der Waals surface area contributed by atoms with E-state index in [0.717, 1.165) is 62.5 Å². The van der Waals surface area contributed by atoms with Gasteiger partial charge in [-0.3, -0.25) is 0 Å². The Labute approximate surface area is 254 Å². The minimum atomic E-state index is -3.46. The molecule has 42 heavy (non-hydrogen) atoms. The van der Waals surface area contributed by atoms with Gasteiger partial charge in [0.05, 0.1) is 47.3 Å². The van der Waals surface area contributed by atoms with Crippen LogP contribution in [0.1, 0.15) is 85.5 Å². The van der Waals surface area contributed by atoms with E-state index in [1.807, 2.05) is 6.07 Å². The fraction of sp³-hybridized carbons (Fsp3) is 0.714. The maximum atomic E-state index is 13.5. The largest absolute Gasteiger partial charge is 0.396 e. The van der Waals surface area contributed by atoms with Gasteiger partial charge in [0.1, 0.15) is 0 Å². The summed E-state index contributed by atoms with van der Waals surface area (Å²) in [5, 5.41) is 9.17. The normalized spacial score (nSPS) is 34.6. The Balaban J connectivity index is 1.43. The fourth-order valence-electron chi connectivity index (χ4n) is 7.11. The molecular formula is C35H54O6S. The van der Waals surface area contributed by atoms with Gasteiger partial charge in [-0.1, -0.05) is 65.5 Å². The summed E-state index contributed by atoms with van der Waals surface area (Å²) in [7, 11) is -3.46. The summed E-state index contributed by atoms with van der Waals surface area (Å²) in [4.78, 5) is 0.377. The van der Waals surface area contributed by atoms with Crippen molar-refractivity contribution in [2.45, 2.75) is 127 Å². The molecule has 0 spiro atoms. The number of benzene rings is 1. The Morgan fingerprint density at radius 2 is 1.69 bits per heavy atom. The second-order valence-corrected chi connectivity index (χ2v) is 15.4. The molecule has 3 aliphatic heterocycles. The molecule has 4 rings (SSSR count). The van der Waals surface area contributed by atoms with Gasteiger partial charge in [0.2, 0.25) is 0 Å². The summed E-state index contributed by atoms with van der Waals surface area (Å²) in [6.07, 6.45) is 7.77. The van der Waals surface area contributed by atoms with Crippen LogP contribution in [0, 0.1) is 23.7 Å². The predicted octanol–water partition coefficient (Wildman–Crippen LogP) is 6.92. The van der Waals surface area contributed by atoms with Crippen LogP contribution in [-0.4, -0.2) is 62.5 Å². The first-order chi connectivity index (χ1) is 20.0. The maximum Gasteiger partial charge on any atom is 0.178 e. The Hall–Kier alpha value is -1.51.